The van der Waals surface area contributed by atoms with Gasteiger partial charge in [0.2, 0.25) is 0 Å². The van der Waals surface area contributed by atoms with E-state index in [0.717, 1.165) is 5.56 Å². The van der Waals surface area contributed by atoms with Crippen molar-refractivity contribution in [3.63, 3.8) is 0 Å². The molecule has 0 radical (unpaired) electrons. The first kappa shape index (κ1) is 12.6. The van der Waals surface area contributed by atoms with Crippen LogP contribution in [0.2, 0.25) is 0 Å². The van der Waals surface area contributed by atoms with Crippen LogP contribution in [0, 0.1) is 25.5 Å². The lowest BCUT2D eigenvalue weighted by Gasteiger charge is -2.17. The highest BCUT2D eigenvalue weighted by Crippen LogP contribution is 2.27. The topological polar surface area (TPSA) is 38.9 Å². The summed E-state index contributed by atoms with van der Waals surface area (Å²) in [4.78, 5) is 3.94. The Hall–Kier alpha value is -1.81. The van der Waals surface area contributed by atoms with Gasteiger partial charge in [0.15, 0.2) is 0 Å². The van der Waals surface area contributed by atoms with E-state index in [1.807, 2.05) is 6.92 Å². The molecular formula is C14H14F2N2. The summed E-state index contributed by atoms with van der Waals surface area (Å²) in [6, 6.07) is 3.50. The third kappa shape index (κ3) is 2.11. The molecule has 2 nitrogen and oxygen atoms in total. The highest BCUT2D eigenvalue weighted by molar-refractivity contribution is 5.38. The Balaban J connectivity index is 2.56. The second kappa shape index (κ2) is 4.82. The molecule has 2 N–H and O–H groups in total. The quantitative estimate of drug-likeness (QED) is 0.887. The van der Waals surface area contributed by atoms with E-state index in [9.17, 15) is 8.78 Å². The molecule has 0 spiro atoms. The number of hydrogen-bond acceptors (Lipinski definition) is 2. The lowest BCUT2D eigenvalue weighted by atomic mass is 9.95. The first-order valence-electron chi connectivity index (χ1n) is 5.63. The van der Waals surface area contributed by atoms with Crippen LogP contribution in [0.4, 0.5) is 8.78 Å². The SMILES string of the molecule is Cc1cnccc1C(N)c1c(F)ccc(C)c1F. The predicted octanol–water partition coefficient (Wildman–Crippen LogP) is 3.02. The molecule has 1 heterocycles. The van der Waals surface area contributed by atoms with E-state index in [4.69, 9.17) is 5.73 Å². The average Bonchev–Trinajstić information content (AvgIpc) is 2.35. The van der Waals surface area contributed by atoms with Gasteiger partial charge in [0.1, 0.15) is 11.6 Å². The number of aromatic nitrogens is 1. The maximum absolute atomic E-state index is 14.0. The smallest absolute Gasteiger partial charge is 0.134 e. The molecule has 0 saturated carbocycles. The number of nitrogens with zero attached hydrogens (tertiary/aromatic N) is 1. The molecule has 0 fully saturated rings. The Bertz CT molecular complexity index is 582. The highest BCUT2D eigenvalue weighted by atomic mass is 19.1. The normalized spacial score (nSPS) is 12.5. The largest absolute Gasteiger partial charge is 0.320 e. The molecule has 0 saturated heterocycles. The third-order valence-electron chi connectivity index (χ3n) is 3.03. The Morgan fingerprint density at radius 2 is 1.83 bits per heavy atom. The van der Waals surface area contributed by atoms with E-state index in [-0.39, 0.29) is 5.56 Å². The first-order valence-corrected chi connectivity index (χ1v) is 5.63. The monoisotopic (exact) mass is 248 g/mol. The summed E-state index contributed by atoms with van der Waals surface area (Å²) >= 11 is 0. The number of aryl methyl sites for hydroxylation is 2. The van der Waals surface area contributed by atoms with Crippen molar-refractivity contribution in [1.82, 2.24) is 4.98 Å². The number of benzene rings is 1. The standard InChI is InChI=1S/C14H14F2N2/c1-8-3-4-11(15)12(13(8)16)14(17)10-5-6-18-7-9(10)2/h3-7,14H,17H2,1-2H3. The molecular weight excluding hydrogens is 234 g/mol. The van der Waals surface area contributed by atoms with Crippen LogP contribution in [0.3, 0.4) is 0 Å². The van der Waals surface area contributed by atoms with Gasteiger partial charge in [-0.25, -0.2) is 8.78 Å². The first-order chi connectivity index (χ1) is 8.52. The van der Waals surface area contributed by atoms with Crippen LogP contribution >= 0.6 is 0 Å². The highest BCUT2D eigenvalue weighted by Gasteiger charge is 2.20. The van der Waals surface area contributed by atoms with Gasteiger partial charge in [0.25, 0.3) is 0 Å². The second-order valence-electron chi connectivity index (χ2n) is 4.30. The fraction of sp³-hybridized carbons (Fsp3) is 0.214. The average molecular weight is 248 g/mol. The third-order valence-corrected chi connectivity index (χ3v) is 3.03. The van der Waals surface area contributed by atoms with Crippen LogP contribution < -0.4 is 5.73 Å². The Morgan fingerprint density at radius 1 is 1.11 bits per heavy atom. The summed E-state index contributed by atoms with van der Waals surface area (Å²) in [7, 11) is 0. The van der Waals surface area contributed by atoms with Gasteiger partial charge in [-0.3, -0.25) is 4.98 Å². The Morgan fingerprint density at radius 3 is 2.50 bits per heavy atom. The number of pyridine rings is 1. The Kier molecular flexibility index (Phi) is 3.39. The van der Waals surface area contributed by atoms with Crippen molar-refractivity contribution < 1.29 is 8.78 Å². The van der Waals surface area contributed by atoms with Crippen molar-refractivity contribution >= 4 is 0 Å². The molecule has 94 valence electrons. The summed E-state index contributed by atoms with van der Waals surface area (Å²) < 4.78 is 27.8. The van der Waals surface area contributed by atoms with E-state index in [0.29, 0.717) is 11.1 Å². The fourth-order valence-corrected chi connectivity index (χ4v) is 1.95. The van der Waals surface area contributed by atoms with Crippen LogP contribution in [-0.4, -0.2) is 4.98 Å². The number of nitrogens with two attached hydrogens (primary N) is 1. The van der Waals surface area contributed by atoms with Crippen molar-refractivity contribution in [2.75, 3.05) is 0 Å². The van der Waals surface area contributed by atoms with E-state index in [1.165, 1.54) is 12.1 Å². The summed E-state index contributed by atoms with van der Waals surface area (Å²) in [5.41, 5.74) is 7.75. The number of hydrogen-bond donors (Lipinski definition) is 1. The molecule has 1 unspecified atom stereocenters. The lowest BCUT2D eigenvalue weighted by Crippen LogP contribution is -2.17. The zero-order valence-corrected chi connectivity index (χ0v) is 10.2. The van der Waals surface area contributed by atoms with E-state index in [2.05, 4.69) is 4.98 Å². The van der Waals surface area contributed by atoms with Crippen molar-refractivity contribution in [2.24, 2.45) is 5.73 Å². The molecule has 0 aliphatic rings. The minimum atomic E-state index is -0.826. The van der Waals surface area contributed by atoms with Crippen molar-refractivity contribution in [2.45, 2.75) is 19.9 Å². The summed E-state index contributed by atoms with van der Waals surface area (Å²) in [5.74, 6) is -1.21. The lowest BCUT2D eigenvalue weighted by molar-refractivity contribution is 0.537. The maximum Gasteiger partial charge on any atom is 0.134 e. The molecule has 1 aromatic carbocycles. The molecule has 0 amide bonds. The van der Waals surface area contributed by atoms with E-state index >= 15 is 0 Å². The van der Waals surface area contributed by atoms with Crippen LogP contribution in [0.5, 0.6) is 0 Å². The molecule has 0 aliphatic heterocycles. The van der Waals surface area contributed by atoms with Gasteiger partial charge < -0.3 is 5.73 Å². The molecule has 0 aliphatic carbocycles. The Labute approximate surface area is 104 Å². The zero-order valence-electron chi connectivity index (χ0n) is 10.2. The molecule has 4 heteroatoms. The van der Waals surface area contributed by atoms with Crippen molar-refractivity contribution in [3.05, 3.63) is 64.5 Å². The minimum absolute atomic E-state index is 0.0932. The van der Waals surface area contributed by atoms with Gasteiger partial charge in [-0.05, 0) is 42.7 Å². The van der Waals surface area contributed by atoms with Gasteiger partial charge >= 0.3 is 0 Å². The van der Waals surface area contributed by atoms with Crippen LogP contribution in [0.1, 0.15) is 28.3 Å². The van der Waals surface area contributed by atoms with Crippen LogP contribution in [0.15, 0.2) is 30.6 Å². The minimum Gasteiger partial charge on any atom is -0.320 e. The molecule has 18 heavy (non-hydrogen) atoms. The van der Waals surface area contributed by atoms with Gasteiger partial charge in [-0.1, -0.05) is 6.07 Å². The van der Waals surface area contributed by atoms with Crippen molar-refractivity contribution in [3.8, 4) is 0 Å². The molecule has 1 aromatic heterocycles. The number of rotatable bonds is 2. The molecule has 2 rings (SSSR count). The fourth-order valence-electron chi connectivity index (χ4n) is 1.95. The summed E-state index contributed by atoms with van der Waals surface area (Å²) in [6.07, 6.45) is 3.19. The van der Waals surface area contributed by atoms with Gasteiger partial charge in [-0.15, -0.1) is 0 Å². The van der Waals surface area contributed by atoms with Gasteiger partial charge in [-0.2, -0.15) is 0 Å². The van der Waals surface area contributed by atoms with E-state index < -0.39 is 17.7 Å². The zero-order chi connectivity index (χ0) is 13.3. The molecule has 1 atom stereocenters. The second-order valence-corrected chi connectivity index (χ2v) is 4.30. The maximum atomic E-state index is 14.0. The van der Waals surface area contributed by atoms with Gasteiger partial charge in [0.05, 0.1) is 6.04 Å². The number of halogens is 2. The molecule has 2 aromatic rings. The summed E-state index contributed by atoms with van der Waals surface area (Å²) in [5, 5.41) is 0. The van der Waals surface area contributed by atoms with Crippen LogP contribution in [-0.2, 0) is 0 Å². The summed E-state index contributed by atoms with van der Waals surface area (Å²) in [6.45, 7) is 3.40. The van der Waals surface area contributed by atoms with Crippen LogP contribution in [0.25, 0.3) is 0 Å². The van der Waals surface area contributed by atoms with Crippen molar-refractivity contribution in [1.29, 1.82) is 0 Å². The van der Waals surface area contributed by atoms with Gasteiger partial charge in [0, 0.05) is 18.0 Å². The molecule has 0 bridgehead atoms. The predicted molar refractivity (Wildman–Crippen MR) is 66.1 cm³/mol. The van der Waals surface area contributed by atoms with E-state index in [1.54, 1.807) is 25.4 Å².